The zero-order chi connectivity index (χ0) is 10.4. The van der Waals surface area contributed by atoms with Gasteiger partial charge in [0.25, 0.3) is 0 Å². The monoisotopic (exact) mass is 404 g/mol. The summed E-state index contributed by atoms with van der Waals surface area (Å²) in [6.07, 6.45) is 2.49. The SMILES string of the molecule is Cl/C=C1\[Si]2(CCCC2)C(Cl)=C[Te]1(Cl)Cl. The molecule has 2 aliphatic rings. The molecule has 0 bridgehead atoms. The molecule has 0 N–H and O–H groups in total. The predicted octanol–water partition coefficient (Wildman–Crippen LogP) is 4.56. The summed E-state index contributed by atoms with van der Waals surface area (Å²) >= 11 is 9.25. The second-order valence-electron chi connectivity index (χ2n) is 3.74. The molecular weight excluding hydrogens is 394 g/mol. The molecule has 0 unspecified atom stereocenters. The summed E-state index contributed by atoms with van der Waals surface area (Å²) in [7, 11) is 11.1. The van der Waals surface area contributed by atoms with E-state index in [0.29, 0.717) is 0 Å². The van der Waals surface area contributed by atoms with Crippen LogP contribution in [0, 0.1) is 0 Å². The maximum atomic E-state index is 6.37. The molecule has 0 aliphatic carbocycles. The normalized spacial score (nSPS) is 33.7. The van der Waals surface area contributed by atoms with Crippen LogP contribution in [0.5, 0.6) is 0 Å². The van der Waals surface area contributed by atoms with Gasteiger partial charge >= 0.3 is 108 Å². The molecule has 80 valence electrons. The van der Waals surface area contributed by atoms with Crippen LogP contribution < -0.4 is 0 Å². The zero-order valence-electron chi connectivity index (χ0n) is 7.40. The van der Waals surface area contributed by atoms with Crippen molar-refractivity contribution in [3.05, 3.63) is 17.6 Å². The Labute approximate surface area is 107 Å². The third kappa shape index (κ3) is 1.72. The van der Waals surface area contributed by atoms with Crippen LogP contribution in [0.3, 0.4) is 0 Å². The van der Waals surface area contributed by atoms with Gasteiger partial charge < -0.3 is 0 Å². The van der Waals surface area contributed by atoms with Crippen molar-refractivity contribution in [2.24, 2.45) is 0 Å². The first-order valence-electron chi connectivity index (χ1n) is 4.44. The van der Waals surface area contributed by atoms with Crippen LogP contribution in [0.1, 0.15) is 12.8 Å². The van der Waals surface area contributed by atoms with E-state index in [1.54, 1.807) is 5.54 Å². The number of rotatable bonds is 0. The molecule has 0 aromatic carbocycles. The van der Waals surface area contributed by atoms with Crippen LogP contribution in [0.4, 0.5) is 0 Å². The van der Waals surface area contributed by atoms with E-state index in [4.69, 9.17) is 41.1 Å². The topological polar surface area (TPSA) is 0 Å². The number of halogens is 4. The third-order valence-corrected chi connectivity index (χ3v) is 24.8. The van der Waals surface area contributed by atoms with Gasteiger partial charge in [-0.2, -0.15) is 0 Å². The van der Waals surface area contributed by atoms with Crippen molar-refractivity contribution in [1.82, 2.24) is 0 Å². The Morgan fingerprint density at radius 3 is 2.36 bits per heavy atom. The fraction of sp³-hybridized carbons (Fsp3) is 0.500. The molecule has 1 fully saturated rings. The van der Waals surface area contributed by atoms with Gasteiger partial charge in [0, 0.05) is 0 Å². The van der Waals surface area contributed by atoms with E-state index in [9.17, 15) is 0 Å². The van der Waals surface area contributed by atoms with Gasteiger partial charge in [-0.3, -0.25) is 0 Å². The van der Waals surface area contributed by atoms with Gasteiger partial charge in [-0.1, -0.05) is 0 Å². The van der Waals surface area contributed by atoms with Gasteiger partial charge in [-0.15, -0.1) is 0 Å². The maximum absolute atomic E-state index is 6.37. The molecule has 0 amide bonds. The summed E-state index contributed by atoms with van der Waals surface area (Å²) < 4.78 is 4.11. The van der Waals surface area contributed by atoms with Crippen LogP contribution in [0.2, 0.25) is 12.1 Å². The molecule has 0 nitrogen and oxygen atoms in total. The Morgan fingerprint density at radius 2 is 1.86 bits per heavy atom. The quantitative estimate of drug-likeness (QED) is 0.520. The van der Waals surface area contributed by atoms with Gasteiger partial charge in [0.05, 0.1) is 0 Å². The molecule has 0 radical (unpaired) electrons. The first-order chi connectivity index (χ1) is 6.53. The van der Waals surface area contributed by atoms with Crippen LogP contribution >= 0.6 is 41.1 Å². The average Bonchev–Trinajstić information content (AvgIpc) is 2.59. The number of hydrogen-bond donors (Lipinski definition) is 0. The van der Waals surface area contributed by atoms with Crippen molar-refractivity contribution in [3.63, 3.8) is 0 Å². The molecular formula is C8H10Cl4SiTe. The second-order valence-corrected chi connectivity index (χ2v) is 22.5. The van der Waals surface area contributed by atoms with Gasteiger partial charge in [0.2, 0.25) is 0 Å². The first kappa shape index (κ1) is 12.1. The van der Waals surface area contributed by atoms with Gasteiger partial charge in [-0.25, -0.2) is 0 Å². The van der Waals surface area contributed by atoms with Crippen molar-refractivity contribution in [2.75, 3.05) is 0 Å². The van der Waals surface area contributed by atoms with Crippen LogP contribution in [-0.4, -0.2) is 24.0 Å². The van der Waals surface area contributed by atoms with Crippen molar-refractivity contribution < 1.29 is 0 Å². The molecule has 14 heavy (non-hydrogen) atoms. The van der Waals surface area contributed by atoms with E-state index < -0.39 is 24.0 Å². The summed E-state index contributed by atoms with van der Waals surface area (Å²) in [4.78, 5) is 0. The van der Waals surface area contributed by atoms with E-state index in [1.807, 2.05) is 4.12 Å². The van der Waals surface area contributed by atoms with Crippen molar-refractivity contribution in [1.29, 1.82) is 0 Å². The number of hydrogen-bond acceptors (Lipinski definition) is 0. The fourth-order valence-electron chi connectivity index (χ4n) is 2.31. The Bertz CT molecular complexity index is 317. The van der Waals surface area contributed by atoms with Crippen molar-refractivity contribution >= 4 is 65.1 Å². The van der Waals surface area contributed by atoms with Crippen LogP contribution in [-0.2, 0) is 0 Å². The van der Waals surface area contributed by atoms with Gasteiger partial charge in [0.15, 0.2) is 0 Å². The molecule has 2 rings (SSSR count). The molecule has 6 heteroatoms. The first-order valence-corrected chi connectivity index (χ1v) is 16.1. The van der Waals surface area contributed by atoms with E-state index in [1.165, 1.54) is 28.2 Å². The molecule has 2 heterocycles. The summed E-state index contributed by atoms with van der Waals surface area (Å²) in [5, 5.41) is 0. The van der Waals surface area contributed by atoms with Crippen LogP contribution in [0.25, 0.3) is 0 Å². The Morgan fingerprint density at radius 1 is 1.29 bits per heavy atom. The minimum absolute atomic E-state index is 0.980. The molecule has 0 saturated carbocycles. The van der Waals surface area contributed by atoms with E-state index in [2.05, 4.69) is 0 Å². The standard InChI is InChI=1S/C8H10Cl4SiTe/c9-5-8-13(3-1-2-4-13)7(10)6-14(8,11)12/h5-6H,1-4H2/b8-5+. The minimum atomic E-state index is -2.97. The Hall–Kier alpha value is 1.65. The Balaban J connectivity index is 2.48. The summed E-state index contributed by atoms with van der Waals surface area (Å²) in [5.41, 5.74) is 1.64. The summed E-state index contributed by atoms with van der Waals surface area (Å²) in [6, 6.07) is 2.38. The van der Waals surface area contributed by atoms with Crippen LogP contribution in [0.15, 0.2) is 17.6 Å². The molecule has 0 atom stereocenters. The zero-order valence-corrected chi connectivity index (χ0v) is 13.8. The molecule has 0 aromatic heterocycles. The fourth-order valence-corrected chi connectivity index (χ4v) is 32.4. The molecule has 1 spiro atoms. The van der Waals surface area contributed by atoms with Gasteiger partial charge in [0.1, 0.15) is 0 Å². The van der Waals surface area contributed by atoms with Crippen molar-refractivity contribution in [3.8, 4) is 0 Å². The predicted molar refractivity (Wildman–Crippen MR) is 69.9 cm³/mol. The van der Waals surface area contributed by atoms with E-state index in [0.717, 1.165) is 4.66 Å². The van der Waals surface area contributed by atoms with E-state index >= 15 is 0 Å². The molecule has 0 aromatic rings. The summed E-state index contributed by atoms with van der Waals surface area (Å²) in [6.45, 7) is 0. The Kier molecular flexibility index (Phi) is 3.59. The van der Waals surface area contributed by atoms with Crippen molar-refractivity contribution in [2.45, 2.75) is 24.9 Å². The second kappa shape index (κ2) is 4.15. The average molecular weight is 404 g/mol. The molecule has 2 aliphatic heterocycles. The van der Waals surface area contributed by atoms with E-state index in [-0.39, 0.29) is 0 Å². The van der Waals surface area contributed by atoms with Gasteiger partial charge in [-0.05, 0) is 0 Å². The third-order valence-electron chi connectivity index (χ3n) is 3.03. The molecule has 1 saturated heterocycles. The summed E-state index contributed by atoms with van der Waals surface area (Å²) in [5.74, 6) is 0.